The Hall–Kier alpha value is -1.06. The van der Waals surface area contributed by atoms with Crippen molar-refractivity contribution in [3.8, 4) is 0 Å². The van der Waals surface area contributed by atoms with Crippen LogP contribution in [0.5, 0.6) is 0 Å². The lowest BCUT2D eigenvalue weighted by Gasteiger charge is -2.37. The summed E-state index contributed by atoms with van der Waals surface area (Å²) in [5.74, 6) is 2.20. The number of nitrogens with one attached hydrogen (secondary N) is 1. The monoisotopic (exact) mass is 264 g/mol. The van der Waals surface area contributed by atoms with Gasteiger partial charge < -0.3 is 4.90 Å². The van der Waals surface area contributed by atoms with Gasteiger partial charge in [-0.3, -0.25) is 10.1 Å². The average molecular weight is 264 g/mol. The first-order chi connectivity index (χ1) is 9.10. The van der Waals surface area contributed by atoms with Crippen molar-refractivity contribution >= 4 is 11.9 Å². The summed E-state index contributed by atoms with van der Waals surface area (Å²) in [5, 5.41) is 2.53. The van der Waals surface area contributed by atoms with Crippen molar-refractivity contribution in [3.63, 3.8) is 0 Å². The zero-order valence-electron chi connectivity index (χ0n) is 11.9. The molecule has 3 rings (SSSR count). The number of imide groups is 1. The number of nitrogens with zero attached hydrogens (tertiary/aromatic N) is 1. The van der Waals surface area contributed by atoms with E-state index in [1.807, 2.05) is 18.7 Å². The van der Waals surface area contributed by atoms with Crippen molar-refractivity contribution in [1.29, 1.82) is 0 Å². The predicted molar refractivity (Wildman–Crippen MR) is 72.5 cm³/mol. The molecule has 0 aromatic carbocycles. The fraction of sp³-hybridized carbons (Fsp3) is 0.867. The number of hydrogen-bond acceptors (Lipinski definition) is 2. The van der Waals surface area contributed by atoms with Gasteiger partial charge in [0.2, 0.25) is 0 Å². The van der Waals surface area contributed by atoms with Crippen molar-refractivity contribution in [1.82, 2.24) is 10.2 Å². The summed E-state index contributed by atoms with van der Waals surface area (Å²) in [4.78, 5) is 26.1. The van der Waals surface area contributed by atoms with E-state index in [9.17, 15) is 9.59 Å². The molecule has 4 nitrogen and oxygen atoms in total. The van der Waals surface area contributed by atoms with E-state index in [0.29, 0.717) is 18.8 Å². The molecule has 3 atom stereocenters. The molecule has 1 aliphatic heterocycles. The molecule has 2 saturated carbocycles. The van der Waals surface area contributed by atoms with Crippen LogP contribution in [0, 0.1) is 17.8 Å². The molecule has 3 amide bonds. The van der Waals surface area contributed by atoms with E-state index in [4.69, 9.17) is 0 Å². The Morgan fingerprint density at radius 2 is 1.95 bits per heavy atom. The smallest absolute Gasteiger partial charge is 0.309 e. The first-order valence-corrected chi connectivity index (χ1v) is 7.73. The summed E-state index contributed by atoms with van der Waals surface area (Å²) in [6.45, 7) is 4.80. The van der Waals surface area contributed by atoms with E-state index in [1.54, 1.807) is 0 Å². The second-order valence-electron chi connectivity index (χ2n) is 6.54. The Bertz CT molecular complexity index is 403. The lowest BCUT2D eigenvalue weighted by Crippen LogP contribution is -2.50. The maximum Gasteiger partial charge on any atom is 0.325 e. The highest BCUT2D eigenvalue weighted by atomic mass is 16.2. The van der Waals surface area contributed by atoms with Crippen LogP contribution in [0.4, 0.5) is 4.79 Å². The minimum Gasteiger partial charge on any atom is -0.309 e. The highest BCUT2D eigenvalue weighted by molar-refractivity contribution is 6.06. The fourth-order valence-electron chi connectivity index (χ4n) is 4.64. The lowest BCUT2D eigenvalue weighted by molar-refractivity contribution is -0.127. The van der Waals surface area contributed by atoms with E-state index in [0.717, 1.165) is 18.4 Å². The van der Waals surface area contributed by atoms with Gasteiger partial charge in [0.1, 0.15) is 5.54 Å². The summed E-state index contributed by atoms with van der Waals surface area (Å²) in [5.41, 5.74) is -0.584. The van der Waals surface area contributed by atoms with Gasteiger partial charge >= 0.3 is 6.03 Å². The van der Waals surface area contributed by atoms with Crippen LogP contribution in [0.2, 0.25) is 0 Å². The molecule has 0 aromatic rings. The van der Waals surface area contributed by atoms with Gasteiger partial charge in [0, 0.05) is 6.54 Å². The highest BCUT2D eigenvalue weighted by Crippen LogP contribution is 2.49. The maximum atomic E-state index is 12.1. The molecule has 3 fully saturated rings. The molecule has 19 heavy (non-hydrogen) atoms. The molecule has 2 aliphatic carbocycles. The molecule has 106 valence electrons. The van der Waals surface area contributed by atoms with E-state index >= 15 is 0 Å². The molecule has 3 aliphatic rings. The van der Waals surface area contributed by atoms with Gasteiger partial charge in [-0.1, -0.05) is 20.3 Å². The second-order valence-corrected chi connectivity index (χ2v) is 6.54. The van der Waals surface area contributed by atoms with Crippen LogP contribution in [0.1, 0.15) is 52.4 Å². The van der Waals surface area contributed by atoms with Gasteiger partial charge in [-0.25, -0.2) is 4.79 Å². The Morgan fingerprint density at radius 1 is 1.21 bits per heavy atom. The summed E-state index contributed by atoms with van der Waals surface area (Å²) < 4.78 is 0. The molecule has 3 unspecified atom stereocenters. The van der Waals surface area contributed by atoms with Crippen LogP contribution >= 0.6 is 0 Å². The minimum atomic E-state index is -0.584. The van der Waals surface area contributed by atoms with E-state index in [2.05, 4.69) is 5.32 Å². The van der Waals surface area contributed by atoms with Crippen molar-refractivity contribution in [3.05, 3.63) is 0 Å². The molecular formula is C15H24N2O2. The third-order valence-electron chi connectivity index (χ3n) is 5.88. The SMILES string of the molecule is CCC1(CC)C(=O)NC(=O)N1CC1CC2CCC1C2. The van der Waals surface area contributed by atoms with Gasteiger partial charge in [0.05, 0.1) is 0 Å². The van der Waals surface area contributed by atoms with Crippen LogP contribution < -0.4 is 5.32 Å². The molecule has 1 N–H and O–H groups in total. The fourth-order valence-corrected chi connectivity index (χ4v) is 4.64. The Kier molecular flexibility index (Phi) is 3.06. The molecule has 1 heterocycles. The topological polar surface area (TPSA) is 49.4 Å². The van der Waals surface area contributed by atoms with Gasteiger partial charge in [-0.15, -0.1) is 0 Å². The zero-order chi connectivity index (χ0) is 13.6. The number of amides is 3. The van der Waals surface area contributed by atoms with Crippen LogP contribution in [0.15, 0.2) is 0 Å². The predicted octanol–water partition coefficient (Wildman–Crippen LogP) is 2.53. The third-order valence-corrected chi connectivity index (χ3v) is 5.88. The van der Waals surface area contributed by atoms with E-state index < -0.39 is 5.54 Å². The minimum absolute atomic E-state index is 0.0920. The normalized spacial score (nSPS) is 36.1. The summed E-state index contributed by atoms with van der Waals surface area (Å²) in [6, 6.07) is -0.170. The third kappa shape index (κ3) is 1.79. The van der Waals surface area contributed by atoms with Crippen molar-refractivity contribution in [2.24, 2.45) is 17.8 Å². The molecule has 2 bridgehead atoms. The highest BCUT2D eigenvalue weighted by Gasteiger charge is 2.52. The summed E-state index contributed by atoms with van der Waals surface area (Å²) in [7, 11) is 0. The van der Waals surface area contributed by atoms with Crippen LogP contribution in [0.25, 0.3) is 0 Å². The largest absolute Gasteiger partial charge is 0.325 e. The summed E-state index contributed by atoms with van der Waals surface area (Å²) >= 11 is 0. The van der Waals surface area contributed by atoms with Crippen LogP contribution in [0.3, 0.4) is 0 Å². The number of fused-ring (bicyclic) bond motifs is 2. The Morgan fingerprint density at radius 3 is 2.47 bits per heavy atom. The van der Waals surface area contributed by atoms with Gasteiger partial charge in [-0.2, -0.15) is 0 Å². The molecule has 0 aromatic heterocycles. The number of rotatable bonds is 4. The molecule has 1 saturated heterocycles. The Balaban J connectivity index is 1.78. The zero-order valence-corrected chi connectivity index (χ0v) is 11.9. The quantitative estimate of drug-likeness (QED) is 0.793. The molecule has 0 spiro atoms. The number of carbonyl (C=O) groups excluding carboxylic acids is 2. The van der Waals surface area contributed by atoms with Crippen molar-refractivity contribution < 1.29 is 9.59 Å². The first-order valence-electron chi connectivity index (χ1n) is 7.73. The molecule has 0 radical (unpaired) electrons. The van der Waals surface area contributed by atoms with Crippen LogP contribution in [-0.4, -0.2) is 28.9 Å². The maximum absolute atomic E-state index is 12.1. The standard InChI is InChI=1S/C15H24N2O2/c1-3-15(4-2)13(18)16-14(19)17(15)9-12-8-10-5-6-11(12)7-10/h10-12H,3-9H2,1-2H3,(H,16,18,19). The van der Waals surface area contributed by atoms with Gasteiger partial charge in [0.15, 0.2) is 0 Å². The average Bonchev–Trinajstić information content (AvgIpc) is 3.06. The van der Waals surface area contributed by atoms with Crippen molar-refractivity contribution in [2.75, 3.05) is 6.54 Å². The molecular weight excluding hydrogens is 240 g/mol. The van der Waals surface area contributed by atoms with E-state index in [1.165, 1.54) is 25.7 Å². The van der Waals surface area contributed by atoms with Crippen molar-refractivity contribution in [2.45, 2.75) is 57.9 Å². The number of carbonyl (C=O) groups is 2. The van der Waals surface area contributed by atoms with Crippen LogP contribution in [-0.2, 0) is 4.79 Å². The number of urea groups is 1. The van der Waals surface area contributed by atoms with Gasteiger partial charge in [-0.05, 0) is 49.9 Å². The van der Waals surface area contributed by atoms with Gasteiger partial charge in [0.25, 0.3) is 5.91 Å². The molecule has 4 heteroatoms. The lowest BCUT2D eigenvalue weighted by atomic mass is 9.85. The summed E-state index contributed by atoms with van der Waals surface area (Å²) in [6.07, 6.45) is 6.72. The van der Waals surface area contributed by atoms with E-state index in [-0.39, 0.29) is 11.9 Å². The first kappa shape index (κ1) is 12.9. The second kappa shape index (κ2) is 4.50. The Labute approximate surface area is 114 Å². The number of hydrogen-bond donors (Lipinski definition) is 1.